The van der Waals surface area contributed by atoms with E-state index in [1.54, 1.807) is 0 Å². The molecule has 0 bridgehead atoms. The Hall–Kier alpha value is -8.98. The number of para-hydroxylation sites is 1. The van der Waals surface area contributed by atoms with Gasteiger partial charge in [-0.2, -0.15) is 0 Å². The predicted octanol–water partition coefficient (Wildman–Crippen LogP) is 18.9. The second-order valence-corrected chi connectivity index (χ2v) is 19.4. The van der Waals surface area contributed by atoms with Crippen molar-refractivity contribution in [1.29, 1.82) is 0 Å². The highest BCUT2D eigenvalue weighted by atomic mass is 15.1. The first kappa shape index (κ1) is 42.1. The topological polar surface area (TPSA) is 8.17 Å². The summed E-state index contributed by atoms with van der Waals surface area (Å²) in [7, 11) is 0. The molecule has 71 heavy (non-hydrogen) atoms. The Morgan fingerprint density at radius 3 is 1.30 bits per heavy atom. The zero-order chi connectivity index (χ0) is 47.5. The number of hydrogen-bond donors (Lipinski definition) is 0. The van der Waals surface area contributed by atoms with Gasteiger partial charge in [0.05, 0.1) is 11.0 Å². The summed E-state index contributed by atoms with van der Waals surface area (Å²) in [6.45, 7) is 4.71. The summed E-state index contributed by atoms with van der Waals surface area (Å²) in [6, 6.07) is 97.8. The average Bonchev–Trinajstić information content (AvgIpc) is 3.89. The molecule has 0 unspecified atom stereocenters. The van der Waals surface area contributed by atoms with Gasteiger partial charge in [0.1, 0.15) is 0 Å². The molecule has 0 aliphatic heterocycles. The normalized spacial score (nSPS) is 12.5. The summed E-state index contributed by atoms with van der Waals surface area (Å²) >= 11 is 0. The van der Waals surface area contributed by atoms with Crippen molar-refractivity contribution in [3.8, 4) is 72.4 Å². The Balaban J connectivity index is 0.837. The number of aromatic nitrogens is 1. The summed E-state index contributed by atoms with van der Waals surface area (Å²) in [5.41, 5.74) is 24.1. The third kappa shape index (κ3) is 7.44. The van der Waals surface area contributed by atoms with Gasteiger partial charge in [-0.15, -0.1) is 0 Å². The molecule has 1 aromatic heterocycles. The Morgan fingerprint density at radius 2 is 0.704 bits per heavy atom. The van der Waals surface area contributed by atoms with E-state index in [2.05, 4.69) is 290 Å². The number of benzene rings is 11. The van der Waals surface area contributed by atoms with Crippen molar-refractivity contribution in [1.82, 2.24) is 4.57 Å². The fraction of sp³-hybridized carbons (Fsp3) is 0.0435. The molecule has 0 N–H and O–H groups in total. The van der Waals surface area contributed by atoms with Gasteiger partial charge >= 0.3 is 0 Å². The van der Waals surface area contributed by atoms with Gasteiger partial charge in [0.2, 0.25) is 0 Å². The molecule has 336 valence electrons. The SMILES string of the molecule is CC1(C)c2ccccc2-c2ccc(N(c3ccc(-c4ccccc4)cc3)c3ccc(-c4ccc(-c5ccc6c(c5)c5ccccc5n6-c5cc(-c6ccccc6)cc(-c6ccccc6)c5)cc4)cc3)cc21. The lowest BCUT2D eigenvalue weighted by Gasteiger charge is -2.28. The molecule has 0 fully saturated rings. The molecule has 12 aromatic rings. The largest absolute Gasteiger partial charge is 0.310 e. The van der Waals surface area contributed by atoms with E-state index < -0.39 is 0 Å². The Kier molecular flexibility index (Phi) is 10.2. The Labute approximate surface area is 416 Å². The molecule has 0 saturated carbocycles. The van der Waals surface area contributed by atoms with Gasteiger partial charge in [0.25, 0.3) is 0 Å². The first-order valence-corrected chi connectivity index (χ1v) is 24.7. The van der Waals surface area contributed by atoms with Gasteiger partial charge in [-0.1, -0.05) is 208 Å². The summed E-state index contributed by atoms with van der Waals surface area (Å²) in [4.78, 5) is 2.40. The van der Waals surface area contributed by atoms with Crippen LogP contribution < -0.4 is 4.90 Å². The Morgan fingerprint density at radius 1 is 0.282 bits per heavy atom. The smallest absolute Gasteiger partial charge is 0.0541 e. The summed E-state index contributed by atoms with van der Waals surface area (Å²) in [5, 5.41) is 2.47. The first-order chi connectivity index (χ1) is 34.9. The predicted molar refractivity (Wildman–Crippen MR) is 300 cm³/mol. The van der Waals surface area contributed by atoms with Crippen molar-refractivity contribution in [2.24, 2.45) is 0 Å². The van der Waals surface area contributed by atoms with Crippen LogP contribution in [-0.2, 0) is 5.41 Å². The van der Waals surface area contributed by atoms with Crippen molar-refractivity contribution in [2.75, 3.05) is 4.90 Å². The second kappa shape index (κ2) is 17.2. The van der Waals surface area contributed by atoms with Gasteiger partial charge < -0.3 is 9.47 Å². The van der Waals surface area contributed by atoms with Gasteiger partial charge in [0, 0.05) is 38.9 Å². The molecule has 0 amide bonds. The highest BCUT2D eigenvalue weighted by Crippen LogP contribution is 2.51. The van der Waals surface area contributed by atoms with Crippen LogP contribution in [0.4, 0.5) is 17.1 Å². The molecule has 0 saturated heterocycles. The number of nitrogens with zero attached hydrogens (tertiary/aromatic N) is 2. The molecule has 1 aliphatic carbocycles. The van der Waals surface area contributed by atoms with Crippen molar-refractivity contribution >= 4 is 38.9 Å². The highest BCUT2D eigenvalue weighted by molar-refractivity contribution is 6.10. The molecule has 13 rings (SSSR count). The molecule has 2 nitrogen and oxygen atoms in total. The standard InChI is InChI=1S/C69H50N2/c1-69(2)65-24-14-12-22-61(65)62-40-39-59(46-66(62)69)70(57-35-30-51(31-36-57)47-16-6-3-7-17-47)58-37-32-52(33-38-58)50-26-28-53(29-27-50)54-34-41-68-64(45-54)63-23-13-15-25-67(63)71(68)60-43-55(48-18-8-4-9-19-48)42-56(44-60)49-20-10-5-11-21-49/h3-46H,1-2H3. The van der Waals surface area contributed by atoms with Crippen LogP contribution in [-0.4, -0.2) is 4.57 Å². The minimum atomic E-state index is -0.103. The van der Waals surface area contributed by atoms with E-state index in [1.807, 2.05) is 0 Å². The molecular formula is C69H50N2. The number of hydrogen-bond acceptors (Lipinski definition) is 1. The zero-order valence-corrected chi connectivity index (χ0v) is 39.8. The van der Waals surface area contributed by atoms with Crippen LogP contribution in [0.2, 0.25) is 0 Å². The maximum atomic E-state index is 2.44. The van der Waals surface area contributed by atoms with Gasteiger partial charge in [-0.25, -0.2) is 0 Å². The third-order valence-electron chi connectivity index (χ3n) is 14.8. The fourth-order valence-corrected chi connectivity index (χ4v) is 11.1. The summed E-state index contributed by atoms with van der Waals surface area (Å²) < 4.78 is 2.44. The minimum absolute atomic E-state index is 0.103. The van der Waals surface area contributed by atoms with Crippen molar-refractivity contribution in [3.63, 3.8) is 0 Å². The van der Waals surface area contributed by atoms with Gasteiger partial charge in [-0.3, -0.25) is 0 Å². The lowest BCUT2D eigenvalue weighted by Crippen LogP contribution is -2.16. The van der Waals surface area contributed by atoms with Crippen molar-refractivity contribution < 1.29 is 0 Å². The van der Waals surface area contributed by atoms with E-state index >= 15 is 0 Å². The lowest BCUT2D eigenvalue weighted by molar-refractivity contribution is 0.660. The highest BCUT2D eigenvalue weighted by Gasteiger charge is 2.35. The molecule has 0 radical (unpaired) electrons. The second-order valence-electron chi connectivity index (χ2n) is 19.4. The minimum Gasteiger partial charge on any atom is -0.310 e. The van der Waals surface area contributed by atoms with E-state index in [-0.39, 0.29) is 5.41 Å². The van der Waals surface area contributed by atoms with Crippen LogP contribution >= 0.6 is 0 Å². The number of fused-ring (bicyclic) bond motifs is 6. The van der Waals surface area contributed by atoms with E-state index in [9.17, 15) is 0 Å². The van der Waals surface area contributed by atoms with Gasteiger partial charge in [-0.05, 0) is 151 Å². The monoisotopic (exact) mass is 906 g/mol. The molecule has 1 aliphatic rings. The number of anilines is 3. The fourth-order valence-electron chi connectivity index (χ4n) is 11.1. The van der Waals surface area contributed by atoms with Gasteiger partial charge in [0.15, 0.2) is 0 Å². The first-order valence-electron chi connectivity index (χ1n) is 24.7. The molecular weight excluding hydrogens is 857 g/mol. The maximum absolute atomic E-state index is 2.44. The Bertz CT molecular complexity index is 3850. The van der Waals surface area contributed by atoms with Crippen LogP contribution in [0.15, 0.2) is 267 Å². The van der Waals surface area contributed by atoms with Crippen molar-refractivity contribution in [2.45, 2.75) is 19.3 Å². The molecule has 0 atom stereocenters. The van der Waals surface area contributed by atoms with Crippen LogP contribution in [0.3, 0.4) is 0 Å². The third-order valence-corrected chi connectivity index (χ3v) is 14.8. The van der Waals surface area contributed by atoms with E-state index in [0.717, 1.165) is 22.7 Å². The van der Waals surface area contributed by atoms with E-state index in [0.29, 0.717) is 0 Å². The quantitative estimate of drug-likeness (QED) is 0.140. The molecule has 0 spiro atoms. The number of rotatable bonds is 9. The van der Waals surface area contributed by atoms with E-state index in [4.69, 9.17) is 0 Å². The molecule has 2 heteroatoms. The summed E-state index contributed by atoms with van der Waals surface area (Å²) in [6.07, 6.45) is 0. The van der Waals surface area contributed by atoms with Crippen LogP contribution in [0, 0.1) is 0 Å². The maximum Gasteiger partial charge on any atom is 0.0541 e. The van der Waals surface area contributed by atoms with Crippen LogP contribution in [0.1, 0.15) is 25.0 Å². The van der Waals surface area contributed by atoms with Crippen molar-refractivity contribution in [3.05, 3.63) is 278 Å². The lowest BCUT2D eigenvalue weighted by atomic mass is 9.82. The van der Waals surface area contributed by atoms with Crippen LogP contribution in [0.25, 0.3) is 94.3 Å². The molecule has 11 aromatic carbocycles. The average molecular weight is 907 g/mol. The summed E-state index contributed by atoms with van der Waals surface area (Å²) in [5.74, 6) is 0. The van der Waals surface area contributed by atoms with Crippen LogP contribution in [0.5, 0.6) is 0 Å². The van der Waals surface area contributed by atoms with E-state index in [1.165, 1.54) is 99.7 Å². The molecule has 1 heterocycles. The zero-order valence-electron chi connectivity index (χ0n) is 39.8.